The van der Waals surface area contributed by atoms with Crippen LogP contribution in [0.1, 0.15) is 35.4 Å². The highest BCUT2D eigenvalue weighted by Gasteiger charge is 2.19. The molecule has 1 saturated heterocycles. The van der Waals surface area contributed by atoms with Crippen molar-refractivity contribution in [3.63, 3.8) is 0 Å². The zero-order valence-corrected chi connectivity index (χ0v) is 21.1. The Hall–Kier alpha value is -1.64. The van der Waals surface area contributed by atoms with Crippen LogP contribution in [0.5, 0.6) is 0 Å². The number of benzene rings is 2. The van der Waals surface area contributed by atoms with Crippen LogP contribution in [0.2, 0.25) is 0 Å². The van der Waals surface area contributed by atoms with E-state index in [4.69, 9.17) is 0 Å². The molecule has 2 aromatic rings. The smallest absolute Gasteiger partial charge is 0.191 e. The zero-order chi connectivity index (χ0) is 21.2. The second-order valence-corrected chi connectivity index (χ2v) is 8.33. The molecule has 1 unspecified atom stereocenters. The molecule has 0 radical (unpaired) electrons. The number of aliphatic hydroxyl groups is 1. The molecule has 3 rings (SSSR count). The maximum absolute atomic E-state index is 9.74. The van der Waals surface area contributed by atoms with Crippen molar-refractivity contribution in [1.82, 2.24) is 15.5 Å². The number of nitrogens with one attached hydrogen (secondary N) is 2. The number of halogens is 1. The lowest BCUT2D eigenvalue weighted by atomic mass is 9.96. The van der Waals surface area contributed by atoms with Crippen molar-refractivity contribution in [2.75, 3.05) is 39.8 Å². The molecule has 1 aliphatic heterocycles. The van der Waals surface area contributed by atoms with E-state index in [1.807, 2.05) is 18.2 Å². The first-order chi connectivity index (χ1) is 14.7. The van der Waals surface area contributed by atoms with Gasteiger partial charge in [-0.2, -0.15) is 0 Å². The summed E-state index contributed by atoms with van der Waals surface area (Å²) in [5.74, 6) is 1.54. The van der Waals surface area contributed by atoms with Crippen molar-refractivity contribution < 1.29 is 5.11 Å². The van der Waals surface area contributed by atoms with Gasteiger partial charge in [-0.15, -0.1) is 24.0 Å². The average molecular weight is 537 g/mol. The first kappa shape index (κ1) is 25.6. The van der Waals surface area contributed by atoms with E-state index in [-0.39, 0.29) is 36.5 Å². The molecule has 1 aliphatic rings. The van der Waals surface area contributed by atoms with Gasteiger partial charge in [-0.3, -0.25) is 9.89 Å². The predicted octanol–water partition coefficient (Wildman–Crippen LogP) is 3.77. The topological polar surface area (TPSA) is 59.9 Å². The Balaban J connectivity index is 0.00000341. The quantitative estimate of drug-likeness (QED) is 0.273. The molecule has 6 heteroatoms. The number of hydrogen-bond donors (Lipinski definition) is 3. The normalized spacial score (nSPS) is 16.4. The largest absolute Gasteiger partial charge is 0.396 e. The van der Waals surface area contributed by atoms with Crippen molar-refractivity contribution in [2.24, 2.45) is 10.9 Å². The third kappa shape index (κ3) is 8.43. The number of nitrogens with zero attached hydrogens (tertiary/aromatic N) is 2. The van der Waals surface area contributed by atoms with E-state index in [0.29, 0.717) is 12.5 Å². The fourth-order valence-corrected chi connectivity index (χ4v) is 3.99. The van der Waals surface area contributed by atoms with Gasteiger partial charge in [-0.25, -0.2) is 0 Å². The third-order valence-corrected chi connectivity index (χ3v) is 6.02. The summed E-state index contributed by atoms with van der Waals surface area (Å²) in [6.45, 7) is 7.19. The predicted molar refractivity (Wildman–Crippen MR) is 140 cm³/mol. The second kappa shape index (κ2) is 13.7. The highest BCUT2D eigenvalue weighted by molar-refractivity contribution is 14.0. The fraction of sp³-hybridized carbons (Fsp3) is 0.480. The van der Waals surface area contributed by atoms with Crippen LogP contribution >= 0.6 is 24.0 Å². The second-order valence-electron chi connectivity index (χ2n) is 8.33. The minimum atomic E-state index is 0. The van der Waals surface area contributed by atoms with Crippen LogP contribution in [0.4, 0.5) is 0 Å². The Morgan fingerprint density at radius 1 is 1.06 bits per heavy atom. The molecule has 1 heterocycles. The third-order valence-electron chi connectivity index (χ3n) is 6.02. The molecule has 31 heavy (non-hydrogen) atoms. The summed E-state index contributed by atoms with van der Waals surface area (Å²) in [5, 5.41) is 16.6. The van der Waals surface area contributed by atoms with E-state index in [1.165, 1.54) is 24.0 Å². The van der Waals surface area contributed by atoms with Gasteiger partial charge in [-0.1, -0.05) is 60.2 Å². The Bertz CT molecular complexity index is 774. The maximum Gasteiger partial charge on any atom is 0.191 e. The number of likely N-dealkylation sites (tertiary alicyclic amines) is 1. The van der Waals surface area contributed by atoms with Crippen LogP contribution in [0.15, 0.2) is 59.6 Å². The van der Waals surface area contributed by atoms with Crippen LogP contribution in [0.3, 0.4) is 0 Å². The summed E-state index contributed by atoms with van der Waals surface area (Å²) in [4.78, 5) is 6.91. The van der Waals surface area contributed by atoms with Gasteiger partial charge < -0.3 is 15.7 Å². The van der Waals surface area contributed by atoms with Gasteiger partial charge in [0, 0.05) is 32.6 Å². The maximum atomic E-state index is 9.74. The Morgan fingerprint density at radius 2 is 1.74 bits per heavy atom. The fourth-order valence-electron chi connectivity index (χ4n) is 3.99. The summed E-state index contributed by atoms with van der Waals surface area (Å²) < 4.78 is 0. The first-order valence-electron chi connectivity index (χ1n) is 11.1. The number of guanidine groups is 1. The van der Waals surface area contributed by atoms with Crippen molar-refractivity contribution in [1.29, 1.82) is 0 Å². The molecule has 0 aliphatic carbocycles. The molecular formula is C25H37IN4O. The van der Waals surface area contributed by atoms with Gasteiger partial charge in [0.25, 0.3) is 0 Å². The van der Waals surface area contributed by atoms with Gasteiger partial charge in [0.05, 0.1) is 6.61 Å². The molecule has 0 bridgehead atoms. The number of aliphatic hydroxyl groups excluding tert-OH is 1. The number of rotatable bonds is 8. The van der Waals surface area contributed by atoms with Crippen LogP contribution in [0.25, 0.3) is 0 Å². The lowest BCUT2D eigenvalue weighted by Gasteiger charge is -2.32. The minimum Gasteiger partial charge on any atom is -0.396 e. The lowest BCUT2D eigenvalue weighted by Crippen LogP contribution is -2.44. The summed E-state index contributed by atoms with van der Waals surface area (Å²) in [5.41, 5.74) is 3.86. The van der Waals surface area contributed by atoms with Crippen LogP contribution in [0, 0.1) is 12.8 Å². The van der Waals surface area contributed by atoms with Crippen molar-refractivity contribution in [3.05, 3.63) is 71.3 Å². The lowest BCUT2D eigenvalue weighted by molar-refractivity contribution is 0.178. The van der Waals surface area contributed by atoms with Crippen molar-refractivity contribution >= 4 is 29.9 Å². The Kier molecular flexibility index (Phi) is 11.3. The van der Waals surface area contributed by atoms with E-state index in [2.05, 4.69) is 63.8 Å². The molecule has 2 aromatic carbocycles. The minimum absolute atomic E-state index is 0. The number of hydrogen-bond acceptors (Lipinski definition) is 3. The Labute approximate surface area is 204 Å². The monoisotopic (exact) mass is 536 g/mol. The van der Waals surface area contributed by atoms with Gasteiger partial charge in [0.2, 0.25) is 0 Å². The summed E-state index contributed by atoms with van der Waals surface area (Å²) in [6.07, 6.45) is 2.41. The van der Waals surface area contributed by atoms with E-state index in [9.17, 15) is 5.11 Å². The number of aliphatic imine (C=N–C) groups is 1. The van der Waals surface area contributed by atoms with Crippen LogP contribution in [-0.2, 0) is 6.54 Å². The summed E-state index contributed by atoms with van der Waals surface area (Å²) >= 11 is 0. The molecular weight excluding hydrogens is 499 g/mol. The van der Waals surface area contributed by atoms with Gasteiger partial charge in [0.1, 0.15) is 0 Å². The molecule has 0 amide bonds. The summed E-state index contributed by atoms with van der Waals surface area (Å²) in [7, 11) is 1.80. The van der Waals surface area contributed by atoms with Crippen LogP contribution in [-0.4, -0.2) is 55.8 Å². The molecule has 0 spiro atoms. The molecule has 5 nitrogen and oxygen atoms in total. The van der Waals surface area contributed by atoms with Gasteiger partial charge in [-0.05, 0) is 49.9 Å². The van der Waals surface area contributed by atoms with Gasteiger partial charge in [0.15, 0.2) is 5.96 Å². The van der Waals surface area contributed by atoms with Crippen molar-refractivity contribution in [3.8, 4) is 0 Å². The first-order valence-corrected chi connectivity index (χ1v) is 11.1. The molecule has 1 fully saturated rings. The molecule has 3 N–H and O–H groups in total. The molecule has 0 aromatic heterocycles. The molecule has 0 saturated carbocycles. The van der Waals surface area contributed by atoms with Crippen molar-refractivity contribution in [2.45, 2.75) is 32.2 Å². The highest BCUT2D eigenvalue weighted by atomic mass is 127. The summed E-state index contributed by atoms with van der Waals surface area (Å²) in [6, 6.07) is 19.0. The number of piperidine rings is 1. The average Bonchev–Trinajstić information content (AvgIpc) is 2.79. The molecule has 1 atom stereocenters. The Morgan fingerprint density at radius 3 is 2.35 bits per heavy atom. The van der Waals surface area contributed by atoms with Gasteiger partial charge >= 0.3 is 0 Å². The highest BCUT2D eigenvalue weighted by Crippen LogP contribution is 2.19. The van der Waals surface area contributed by atoms with E-state index >= 15 is 0 Å². The SMILES string of the molecule is CN=C(NCC1CCN(Cc2ccc(C)cc2)CC1)NCC(CO)c1ccccc1.I. The van der Waals surface area contributed by atoms with Crippen LogP contribution < -0.4 is 10.6 Å². The van der Waals surface area contributed by atoms with E-state index < -0.39 is 0 Å². The number of aryl methyl sites for hydroxylation is 1. The van der Waals surface area contributed by atoms with E-state index in [0.717, 1.165) is 37.7 Å². The van der Waals surface area contributed by atoms with E-state index in [1.54, 1.807) is 7.05 Å². The zero-order valence-electron chi connectivity index (χ0n) is 18.8. The molecule has 170 valence electrons. The standard InChI is InChI=1S/C25H36N4O.HI/c1-20-8-10-22(11-9-20)18-29-14-12-21(13-15-29)16-27-25(26-2)28-17-24(19-30)23-6-4-3-5-7-23;/h3-11,21,24,30H,12-19H2,1-2H3,(H2,26,27,28);1H.